The third kappa shape index (κ3) is 2.83. The quantitative estimate of drug-likeness (QED) is 0.490. The molecule has 0 saturated heterocycles. The van der Waals surface area contributed by atoms with Crippen LogP contribution in [-0.2, 0) is 6.42 Å². The number of halogens is 2. The Morgan fingerprint density at radius 1 is 1.45 bits per heavy atom. The maximum Gasteiger partial charge on any atom is 0.305 e. The monoisotopic (exact) mass is 297 g/mol. The molecule has 1 heterocycles. The number of nitrogens with zero attached hydrogens (tertiary/aromatic N) is 3. The van der Waals surface area contributed by atoms with Crippen molar-refractivity contribution in [3.05, 3.63) is 51.2 Å². The highest BCUT2D eigenvalue weighted by Crippen LogP contribution is 2.29. The SMILES string of the molecule is CCc1c(Cl)ncnc1Oc1ccc([N+](=O)[O-])c(F)c1. The van der Waals surface area contributed by atoms with E-state index in [1.54, 1.807) is 0 Å². The van der Waals surface area contributed by atoms with Crippen molar-refractivity contribution in [3.8, 4) is 11.6 Å². The molecule has 1 aromatic heterocycles. The van der Waals surface area contributed by atoms with Crippen LogP contribution in [0, 0.1) is 15.9 Å². The molecule has 1 aromatic carbocycles. The third-order valence-electron chi connectivity index (χ3n) is 2.54. The van der Waals surface area contributed by atoms with Crippen LogP contribution in [-0.4, -0.2) is 14.9 Å². The minimum Gasteiger partial charge on any atom is -0.438 e. The molecule has 0 fully saturated rings. The molecule has 20 heavy (non-hydrogen) atoms. The van der Waals surface area contributed by atoms with E-state index in [1.165, 1.54) is 12.4 Å². The van der Waals surface area contributed by atoms with Gasteiger partial charge in [0.05, 0.1) is 10.5 Å². The van der Waals surface area contributed by atoms with Crippen molar-refractivity contribution in [2.75, 3.05) is 0 Å². The van der Waals surface area contributed by atoms with Crippen LogP contribution in [0.4, 0.5) is 10.1 Å². The lowest BCUT2D eigenvalue weighted by Crippen LogP contribution is -1.98. The van der Waals surface area contributed by atoms with Gasteiger partial charge in [0.2, 0.25) is 11.7 Å². The van der Waals surface area contributed by atoms with E-state index in [-0.39, 0.29) is 16.8 Å². The Morgan fingerprint density at radius 2 is 2.20 bits per heavy atom. The van der Waals surface area contributed by atoms with Crippen LogP contribution >= 0.6 is 11.6 Å². The molecule has 0 amide bonds. The summed E-state index contributed by atoms with van der Waals surface area (Å²) < 4.78 is 18.9. The Labute approximate surface area is 118 Å². The van der Waals surface area contributed by atoms with Gasteiger partial charge in [-0.1, -0.05) is 18.5 Å². The molecule has 104 valence electrons. The van der Waals surface area contributed by atoms with Gasteiger partial charge in [-0.25, -0.2) is 9.97 Å². The van der Waals surface area contributed by atoms with E-state index >= 15 is 0 Å². The minimum absolute atomic E-state index is 0.0950. The van der Waals surface area contributed by atoms with Gasteiger partial charge in [-0.2, -0.15) is 4.39 Å². The second kappa shape index (κ2) is 5.79. The molecule has 0 spiro atoms. The van der Waals surface area contributed by atoms with Crippen LogP contribution in [0.25, 0.3) is 0 Å². The molecular formula is C12H9ClFN3O3. The fourth-order valence-corrected chi connectivity index (χ4v) is 1.83. The van der Waals surface area contributed by atoms with Crippen molar-refractivity contribution >= 4 is 17.3 Å². The molecule has 0 radical (unpaired) electrons. The molecule has 0 bridgehead atoms. The molecule has 2 rings (SSSR count). The van der Waals surface area contributed by atoms with Crippen molar-refractivity contribution in [1.29, 1.82) is 0 Å². The number of rotatable bonds is 4. The molecule has 0 saturated carbocycles. The van der Waals surface area contributed by atoms with E-state index in [4.69, 9.17) is 16.3 Å². The lowest BCUT2D eigenvalue weighted by atomic mass is 10.2. The van der Waals surface area contributed by atoms with Crippen molar-refractivity contribution in [1.82, 2.24) is 9.97 Å². The number of nitro groups is 1. The first kappa shape index (κ1) is 14.1. The zero-order valence-corrected chi connectivity index (χ0v) is 11.1. The molecule has 0 aliphatic rings. The summed E-state index contributed by atoms with van der Waals surface area (Å²) in [6.07, 6.45) is 1.75. The summed E-state index contributed by atoms with van der Waals surface area (Å²) in [5.41, 5.74) is -0.0401. The van der Waals surface area contributed by atoms with Gasteiger partial charge in [0.1, 0.15) is 17.2 Å². The van der Waals surface area contributed by atoms with Gasteiger partial charge in [0.25, 0.3) is 0 Å². The Hall–Kier alpha value is -2.28. The molecular weight excluding hydrogens is 289 g/mol. The van der Waals surface area contributed by atoms with Crippen LogP contribution in [0.1, 0.15) is 12.5 Å². The molecule has 2 aromatic rings. The first-order chi connectivity index (χ1) is 9.52. The first-order valence-electron chi connectivity index (χ1n) is 5.64. The lowest BCUT2D eigenvalue weighted by molar-refractivity contribution is -0.387. The molecule has 0 N–H and O–H groups in total. The number of hydrogen-bond acceptors (Lipinski definition) is 5. The summed E-state index contributed by atoms with van der Waals surface area (Å²) in [6.45, 7) is 1.84. The molecule has 8 heteroatoms. The van der Waals surface area contributed by atoms with E-state index in [9.17, 15) is 14.5 Å². The van der Waals surface area contributed by atoms with Crippen LogP contribution in [0.2, 0.25) is 5.15 Å². The molecule has 6 nitrogen and oxygen atoms in total. The van der Waals surface area contributed by atoms with Crippen molar-refractivity contribution in [3.63, 3.8) is 0 Å². The smallest absolute Gasteiger partial charge is 0.305 e. The topological polar surface area (TPSA) is 78.2 Å². The lowest BCUT2D eigenvalue weighted by Gasteiger charge is -2.09. The highest BCUT2D eigenvalue weighted by atomic mass is 35.5. The predicted octanol–water partition coefficient (Wildman–Crippen LogP) is 3.53. The summed E-state index contributed by atoms with van der Waals surface area (Å²) in [6, 6.07) is 3.24. The predicted molar refractivity (Wildman–Crippen MR) is 69.5 cm³/mol. The average Bonchev–Trinajstić information content (AvgIpc) is 2.38. The van der Waals surface area contributed by atoms with Crippen molar-refractivity contribution < 1.29 is 14.1 Å². The molecule has 0 atom stereocenters. The average molecular weight is 298 g/mol. The van der Waals surface area contributed by atoms with Crippen LogP contribution in [0.15, 0.2) is 24.5 Å². The standard InChI is InChI=1S/C12H9ClFN3O3/c1-2-8-11(13)15-6-16-12(8)20-7-3-4-10(17(18)19)9(14)5-7/h3-6H,2H2,1H3. The third-order valence-corrected chi connectivity index (χ3v) is 2.86. The maximum atomic E-state index is 13.5. The number of aromatic nitrogens is 2. The van der Waals surface area contributed by atoms with E-state index in [1.807, 2.05) is 6.92 Å². The van der Waals surface area contributed by atoms with Crippen LogP contribution in [0.3, 0.4) is 0 Å². The second-order valence-corrected chi connectivity index (χ2v) is 4.13. The summed E-state index contributed by atoms with van der Waals surface area (Å²) >= 11 is 5.90. The number of hydrogen-bond donors (Lipinski definition) is 0. The highest BCUT2D eigenvalue weighted by molar-refractivity contribution is 6.30. The van der Waals surface area contributed by atoms with Gasteiger partial charge < -0.3 is 4.74 Å². The fourth-order valence-electron chi connectivity index (χ4n) is 1.57. The normalized spacial score (nSPS) is 10.3. The molecule has 0 aliphatic carbocycles. The van der Waals surface area contributed by atoms with E-state index in [0.29, 0.717) is 12.0 Å². The van der Waals surface area contributed by atoms with Gasteiger partial charge in [0, 0.05) is 12.1 Å². The maximum absolute atomic E-state index is 13.5. The Bertz CT molecular complexity index is 666. The van der Waals surface area contributed by atoms with Crippen molar-refractivity contribution in [2.45, 2.75) is 13.3 Å². The highest BCUT2D eigenvalue weighted by Gasteiger charge is 2.16. The van der Waals surface area contributed by atoms with Crippen LogP contribution < -0.4 is 4.74 Å². The molecule has 0 aliphatic heterocycles. The minimum atomic E-state index is -0.981. The van der Waals surface area contributed by atoms with E-state index < -0.39 is 16.4 Å². The zero-order chi connectivity index (χ0) is 14.7. The van der Waals surface area contributed by atoms with Gasteiger partial charge in [0.15, 0.2) is 0 Å². The Balaban J connectivity index is 2.34. The van der Waals surface area contributed by atoms with Gasteiger partial charge >= 0.3 is 5.69 Å². The zero-order valence-electron chi connectivity index (χ0n) is 10.3. The largest absolute Gasteiger partial charge is 0.438 e. The molecule has 0 unspecified atom stereocenters. The number of benzene rings is 1. The Kier molecular flexibility index (Phi) is 4.09. The summed E-state index contributed by atoms with van der Waals surface area (Å²) in [5.74, 6) is -0.691. The number of nitro benzene ring substituents is 1. The van der Waals surface area contributed by atoms with Gasteiger partial charge in [-0.05, 0) is 12.5 Å². The Morgan fingerprint density at radius 3 is 2.80 bits per heavy atom. The fraction of sp³-hybridized carbons (Fsp3) is 0.167. The first-order valence-corrected chi connectivity index (χ1v) is 6.02. The summed E-state index contributed by atoms with van der Waals surface area (Å²) in [4.78, 5) is 17.5. The van der Waals surface area contributed by atoms with Gasteiger partial charge in [-0.3, -0.25) is 10.1 Å². The van der Waals surface area contributed by atoms with Gasteiger partial charge in [-0.15, -0.1) is 0 Å². The summed E-state index contributed by atoms with van der Waals surface area (Å²) in [7, 11) is 0. The van der Waals surface area contributed by atoms with Crippen molar-refractivity contribution in [2.24, 2.45) is 0 Å². The van der Waals surface area contributed by atoms with E-state index in [0.717, 1.165) is 12.1 Å². The number of ether oxygens (including phenoxy) is 1. The van der Waals surface area contributed by atoms with E-state index in [2.05, 4.69) is 9.97 Å². The second-order valence-electron chi connectivity index (χ2n) is 3.77. The van der Waals surface area contributed by atoms with Crippen LogP contribution in [0.5, 0.6) is 11.6 Å². The summed E-state index contributed by atoms with van der Waals surface area (Å²) in [5, 5.41) is 10.8.